The van der Waals surface area contributed by atoms with E-state index in [2.05, 4.69) is 86.8 Å². The Bertz CT molecular complexity index is 1670. The lowest BCUT2D eigenvalue weighted by Crippen LogP contribution is -2.47. The van der Waals surface area contributed by atoms with E-state index in [-0.39, 0.29) is 31.5 Å². The van der Waals surface area contributed by atoms with Gasteiger partial charge >= 0.3 is 13.8 Å². The van der Waals surface area contributed by atoms with Gasteiger partial charge in [0.05, 0.1) is 33.8 Å². The number of unbranched alkanes of at least 4 members (excludes halogenated alkanes) is 39. The minimum atomic E-state index is -4.46. The summed E-state index contributed by atoms with van der Waals surface area (Å²) in [5.74, 6) is -0.500. The molecule has 0 aromatic rings. The molecular weight excluding hydrogens is 1060 g/mol. The summed E-state index contributed by atoms with van der Waals surface area (Å²) in [7, 11) is 1.50. The van der Waals surface area contributed by atoms with E-state index < -0.39 is 20.0 Å². The van der Waals surface area contributed by atoms with Crippen molar-refractivity contribution in [2.75, 3.05) is 40.9 Å². The average molecular weight is 1200 g/mol. The molecule has 0 saturated carbocycles. The number of carbonyl (C=O) groups excluding carboxylic acids is 2. The second-order valence-electron chi connectivity index (χ2n) is 25.4. The second-order valence-corrected chi connectivity index (χ2v) is 26.9. The Morgan fingerprint density at radius 2 is 0.726 bits per heavy atom. The van der Waals surface area contributed by atoms with Crippen LogP contribution in [0.15, 0.2) is 72.9 Å². The number of allylic oxidation sites excluding steroid dienone is 11. The van der Waals surface area contributed by atoms with E-state index in [9.17, 15) is 19.0 Å². The van der Waals surface area contributed by atoms with Crippen molar-refractivity contribution in [3.05, 3.63) is 72.9 Å². The van der Waals surface area contributed by atoms with Gasteiger partial charge in [-0.2, -0.15) is 0 Å². The van der Waals surface area contributed by atoms with E-state index in [0.717, 1.165) is 77.0 Å². The predicted octanol–water partition coefficient (Wildman–Crippen LogP) is 22.7. The molecule has 0 aliphatic carbocycles. The molecule has 0 bridgehead atoms. The highest BCUT2D eigenvalue weighted by atomic mass is 31.2. The number of rotatable bonds is 65. The second kappa shape index (κ2) is 63.5. The summed E-state index contributed by atoms with van der Waals surface area (Å²) < 4.78 is 30.8. The molecule has 10 heteroatoms. The van der Waals surface area contributed by atoms with Gasteiger partial charge in [-0.1, -0.05) is 293 Å². The zero-order valence-electron chi connectivity index (χ0n) is 56.1. The lowest BCUT2D eigenvalue weighted by atomic mass is 10.0. The van der Waals surface area contributed by atoms with Crippen molar-refractivity contribution in [3.63, 3.8) is 0 Å². The number of amides is 1. The Kier molecular flexibility index (Phi) is 61.5. The van der Waals surface area contributed by atoms with Crippen LogP contribution in [0.5, 0.6) is 0 Å². The minimum absolute atomic E-state index is 0.0386. The number of esters is 1. The van der Waals surface area contributed by atoms with Crippen LogP contribution in [0, 0.1) is 0 Å². The van der Waals surface area contributed by atoms with Gasteiger partial charge in [-0.3, -0.25) is 18.6 Å². The van der Waals surface area contributed by atoms with Crippen molar-refractivity contribution in [1.29, 1.82) is 0 Å². The van der Waals surface area contributed by atoms with E-state index in [1.807, 2.05) is 33.3 Å². The monoisotopic (exact) mass is 1200 g/mol. The highest BCUT2D eigenvalue weighted by Crippen LogP contribution is 2.43. The zero-order chi connectivity index (χ0) is 61.4. The minimum Gasteiger partial charge on any atom is -0.456 e. The number of ether oxygens (including phenoxy) is 1. The van der Waals surface area contributed by atoms with Gasteiger partial charge in [0, 0.05) is 12.8 Å². The largest absolute Gasteiger partial charge is 0.472 e. The quantitative estimate of drug-likeness (QED) is 0.0205. The number of hydrogen-bond donors (Lipinski definition) is 2. The van der Waals surface area contributed by atoms with Gasteiger partial charge in [-0.05, 0) is 102 Å². The molecule has 0 radical (unpaired) electrons. The molecule has 1 amide bonds. The first-order chi connectivity index (χ1) is 40.9. The van der Waals surface area contributed by atoms with Crippen LogP contribution < -0.4 is 5.32 Å². The van der Waals surface area contributed by atoms with Gasteiger partial charge in [0.1, 0.15) is 19.3 Å². The van der Waals surface area contributed by atoms with Gasteiger partial charge in [-0.15, -0.1) is 0 Å². The van der Waals surface area contributed by atoms with Crippen LogP contribution in [0.3, 0.4) is 0 Å². The Hall–Kier alpha value is -2.55. The van der Waals surface area contributed by atoms with Crippen LogP contribution in [-0.4, -0.2) is 74.3 Å². The van der Waals surface area contributed by atoms with Crippen LogP contribution in [0.2, 0.25) is 0 Å². The van der Waals surface area contributed by atoms with Gasteiger partial charge in [-0.25, -0.2) is 4.57 Å². The maximum absolute atomic E-state index is 13.6. The first-order valence-corrected chi connectivity index (χ1v) is 37.3. The molecule has 0 fully saturated rings. The van der Waals surface area contributed by atoms with Crippen molar-refractivity contribution in [1.82, 2.24) is 5.32 Å². The molecule has 9 nitrogen and oxygen atoms in total. The molecule has 0 aromatic carbocycles. The van der Waals surface area contributed by atoms with E-state index in [0.29, 0.717) is 17.4 Å². The zero-order valence-corrected chi connectivity index (χ0v) is 57.0. The Morgan fingerprint density at radius 3 is 1.11 bits per heavy atom. The van der Waals surface area contributed by atoms with E-state index >= 15 is 0 Å². The summed E-state index contributed by atoms with van der Waals surface area (Å²) in [6.45, 7) is 6.99. The number of hydrogen-bond acceptors (Lipinski definition) is 6. The number of likely N-dealkylation sites (N-methyl/N-ethyl adjacent to an activating group) is 1. The summed E-state index contributed by atoms with van der Waals surface area (Å²) in [4.78, 5) is 37.9. The van der Waals surface area contributed by atoms with Crippen molar-refractivity contribution in [3.8, 4) is 0 Å². The summed E-state index contributed by atoms with van der Waals surface area (Å²) in [5, 5.41) is 3.07. The topological polar surface area (TPSA) is 111 Å². The lowest BCUT2D eigenvalue weighted by Gasteiger charge is -2.27. The smallest absolute Gasteiger partial charge is 0.456 e. The fourth-order valence-electron chi connectivity index (χ4n) is 10.3. The van der Waals surface area contributed by atoms with Crippen molar-refractivity contribution >= 4 is 19.7 Å². The van der Waals surface area contributed by atoms with E-state index in [1.54, 1.807) is 0 Å². The van der Waals surface area contributed by atoms with Crippen LogP contribution >= 0.6 is 7.82 Å². The highest BCUT2D eigenvalue weighted by Gasteiger charge is 2.30. The number of phosphoric acid groups is 1. The van der Waals surface area contributed by atoms with Gasteiger partial charge in [0.2, 0.25) is 5.91 Å². The molecule has 0 aromatic heterocycles. The molecule has 0 heterocycles. The molecule has 0 saturated heterocycles. The molecule has 0 aliphatic rings. The van der Waals surface area contributed by atoms with Crippen molar-refractivity contribution in [2.45, 2.75) is 348 Å². The molecule has 490 valence electrons. The normalized spacial score (nSPS) is 13.9. The Balaban J connectivity index is 5.06. The Labute approximate surface area is 521 Å². The van der Waals surface area contributed by atoms with Crippen LogP contribution in [0.1, 0.15) is 335 Å². The number of quaternary nitrogens is 1. The van der Waals surface area contributed by atoms with Crippen LogP contribution in [-0.2, 0) is 27.9 Å². The van der Waals surface area contributed by atoms with Crippen molar-refractivity contribution in [2.24, 2.45) is 0 Å². The number of carbonyl (C=O) groups is 2. The maximum Gasteiger partial charge on any atom is 0.472 e. The van der Waals surface area contributed by atoms with E-state index in [4.69, 9.17) is 13.8 Å². The summed E-state index contributed by atoms with van der Waals surface area (Å²) >= 11 is 0. The third-order valence-electron chi connectivity index (χ3n) is 15.9. The first kappa shape index (κ1) is 81.5. The molecular formula is C74H138N2O7P+. The van der Waals surface area contributed by atoms with E-state index in [1.165, 1.54) is 225 Å². The highest BCUT2D eigenvalue weighted by molar-refractivity contribution is 7.47. The average Bonchev–Trinajstić information content (AvgIpc) is 3.64. The molecule has 2 N–H and O–H groups in total. The summed E-state index contributed by atoms with van der Waals surface area (Å²) in [6.07, 6.45) is 83.3. The summed E-state index contributed by atoms with van der Waals surface area (Å²) in [6, 6.07) is -0.853. The third kappa shape index (κ3) is 63.9. The number of nitrogens with one attached hydrogen (secondary N) is 1. The van der Waals surface area contributed by atoms with Crippen LogP contribution in [0.25, 0.3) is 0 Å². The lowest BCUT2D eigenvalue weighted by molar-refractivity contribution is -0.870. The Morgan fingerprint density at radius 1 is 0.417 bits per heavy atom. The molecule has 84 heavy (non-hydrogen) atoms. The summed E-state index contributed by atoms with van der Waals surface area (Å²) in [5.41, 5.74) is 0. The molecule has 0 rings (SSSR count). The number of nitrogens with zero attached hydrogens (tertiary/aromatic N) is 1. The fraction of sp³-hybridized carbons (Fsp3) is 0.811. The van der Waals surface area contributed by atoms with Gasteiger partial charge < -0.3 is 19.4 Å². The molecule has 0 aliphatic heterocycles. The number of phosphoric ester groups is 1. The van der Waals surface area contributed by atoms with Gasteiger partial charge in [0.25, 0.3) is 0 Å². The predicted molar refractivity (Wildman–Crippen MR) is 365 cm³/mol. The molecule has 3 atom stereocenters. The SMILES string of the molecule is CCCCC/C=C\C/C=C\C/C=C\CCCCCCCCCCCCCCC(=O)OC(/C=C/CCCCCCCCCCCC)C(COP(=O)(O)OCC[N+](C)(C)C)NC(=O)CCCCCCCCCCCCC/C=C\C/C=C\CCCCC. The molecule has 3 unspecified atom stereocenters. The van der Waals surface area contributed by atoms with Crippen molar-refractivity contribution < 1.29 is 37.3 Å². The van der Waals surface area contributed by atoms with Crippen LogP contribution in [0.4, 0.5) is 0 Å². The molecule has 0 spiro atoms. The first-order valence-electron chi connectivity index (χ1n) is 35.8. The maximum atomic E-state index is 13.6. The fourth-order valence-corrected chi connectivity index (χ4v) is 11.1. The third-order valence-corrected chi connectivity index (χ3v) is 16.9. The standard InChI is InChI=1S/C74H137N2O7P/c1-7-10-13-16-19-22-25-28-30-32-34-36-37-38-39-41-43-45-47-49-52-55-58-61-64-67-74(78)83-72(65-62-59-56-53-50-27-24-21-18-15-12-9-3)71(70-82-84(79,80)81-69-68-76(4,5)6)75-73(77)66-63-60-57-54-51-48-46-44-42-40-35-33-31-29-26-23-20-17-14-11-8-2/h19-20,22-23,28-31,34,36,62,65,71-72H,7-18,21,24-27,32-33,35,37-61,63-64,66-70H2,1-6H3,(H-,75,77,79,80)/p+1/b22-19-,23-20-,30-28-,31-29-,36-34-,65-62+. The van der Waals surface area contributed by atoms with Gasteiger partial charge in [0.15, 0.2) is 0 Å².